The number of anilines is 2. The van der Waals surface area contributed by atoms with Gasteiger partial charge in [-0.25, -0.2) is 0 Å². The monoisotopic (exact) mass is 382 g/mol. The first-order valence-electron chi connectivity index (χ1n) is 9.47. The van der Waals surface area contributed by atoms with E-state index in [-0.39, 0.29) is 30.4 Å². The summed E-state index contributed by atoms with van der Waals surface area (Å²) in [7, 11) is 0. The summed E-state index contributed by atoms with van der Waals surface area (Å²) in [6, 6.07) is 13.8. The summed E-state index contributed by atoms with van der Waals surface area (Å²) in [6.45, 7) is 4.40. The van der Waals surface area contributed by atoms with Crippen molar-refractivity contribution in [3.8, 4) is 5.75 Å². The van der Waals surface area contributed by atoms with Gasteiger partial charge in [-0.05, 0) is 55.8 Å². The minimum absolute atomic E-state index is 0.0630. The lowest BCUT2D eigenvalue weighted by molar-refractivity contribution is -0.117. The summed E-state index contributed by atoms with van der Waals surface area (Å²) in [5, 5.41) is 5.54. The molecule has 2 aromatic rings. The van der Waals surface area contributed by atoms with Gasteiger partial charge in [-0.1, -0.05) is 13.0 Å². The average Bonchev–Trinajstić information content (AvgIpc) is 2.67. The Hall–Kier alpha value is -3.15. The normalized spacial score (nSPS) is 10.2. The van der Waals surface area contributed by atoms with Crippen LogP contribution in [0.4, 0.5) is 11.4 Å². The van der Waals surface area contributed by atoms with Crippen LogP contribution in [-0.4, -0.2) is 24.2 Å². The van der Waals surface area contributed by atoms with Gasteiger partial charge in [0.1, 0.15) is 5.75 Å². The van der Waals surface area contributed by atoms with Crippen molar-refractivity contribution in [3.05, 3.63) is 54.1 Å². The van der Waals surface area contributed by atoms with E-state index in [2.05, 4.69) is 10.6 Å². The Morgan fingerprint density at radius 3 is 2.00 bits per heavy atom. The number of ether oxygens (including phenoxy) is 1. The predicted molar refractivity (Wildman–Crippen MR) is 110 cm³/mol. The largest absolute Gasteiger partial charge is 0.494 e. The molecule has 0 aliphatic heterocycles. The number of carbonyl (C=O) groups is 3. The number of rotatable bonds is 10. The molecular weight excluding hydrogens is 356 g/mol. The molecular formula is C22H26N2O4. The molecule has 0 aliphatic carbocycles. The summed E-state index contributed by atoms with van der Waals surface area (Å²) in [5.74, 6) is 0.296. The molecule has 0 aliphatic rings. The molecule has 0 fully saturated rings. The van der Waals surface area contributed by atoms with Crippen LogP contribution in [-0.2, 0) is 9.59 Å². The minimum atomic E-state index is -0.253. The Kier molecular flexibility index (Phi) is 8.21. The minimum Gasteiger partial charge on any atom is -0.494 e. The van der Waals surface area contributed by atoms with Crippen LogP contribution in [0.5, 0.6) is 5.75 Å². The second kappa shape index (κ2) is 10.9. The number of benzene rings is 2. The third kappa shape index (κ3) is 6.87. The third-order valence-electron chi connectivity index (χ3n) is 3.97. The summed E-state index contributed by atoms with van der Waals surface area (Å²) in [4.78, 5) is 36.1. The molecule has 0 aromatic heterocycles. The van der Waals surface area contributed by atoms with E-state index in [9.17, 15) is 14.4 Å². The van der Waals surface area contributed by atoms with Crippen LogP contribution in [0.2, 0.25) is 0 Å². The average molecular weight is 382 g/mol. The first-order chi connectivity index (χ1) is 13.5. The van der Waals surface area contributed by atoms with Crippen molar-refractivity contribution in [1.82, 2.24) is 0 Å². The van der Waals surface area contributed by atoms with Gasteiger partial charge in [-0.3, -0.25) is 14.4 Å². The molecule has 148 valence electrons. The van der Waals surface area contributed by atoms with Gasteiger partial charge in [-0.2, -0.15) is 0 Å². The van der Waals surface area contributed by atoms with Gasteiger partial charge in [0.05, 0.1) is 6.61 Å². The van der Waals surface area contributed by atoms with E-state index in [1.165, 1.54) is 0 Å². The van der Waals surface area contributed by atoms with Crippen LogP contribution in [0.3, 0.4) is 0 Å². The molecule has 6 heteroatoms. The SMILES string of the molecule is CCCC(=O)Nc1cccc(NC(=O)CCC(=O)c2ccc(OCC)cc2)c1. The van der Waals surface area contributed by atoms with Crippen LogP contribution in [0.25, 0.3) is 0 Å². The first-order valence-corrected chi connectivity index (χ1v) is 9.47. The number of Topliss-reactive ketones (excluding diaryl/α,β-unsaturated/α-hetero) is 1. The van der Waals surface area contributed by atoms with Crippen molar-refractivity contribution in [3.63, 3.8) is 0 Å². The number of amides is 2. The van der Waals surface area contributed by atoms with Crippen molar-refractivity contribution < 1.29 is 19.1 Å². The fourth-order valence-corrected chi connectivity index (χ4v) is 2.62. The quantitative estimate of drug-likeness (QED) is 0.596. The molecule has 2 N–H and O–H groups in total. The smallest absolute Gasteiger partial charge is 0.224 e. The maximum absolute atomic E-state index is 12.2. The van der Waals surface area contributed by atoms with Crippen LogP contribution >= 0.6 is 0 Å². The second-order valence-electron chi connectivity index (χ2n) is 6.31. The highest BCUT2D eigenvalue weighted by Crippen LogP contribution is 2.17. The molecule has 2 amide bonds. The van der Waals surface area contributed by atoms with Gasteiger partial charge in [0.25, 0.3) is 0 Å². The molecule has 0 unspecified atom stereocenters. The summed E-state index contributed by atoms with van der Waals surface area (Å²) < 4.78 is 5.35. The van der Waals surface area contributed by atoms with Gasteiger partial charge >= 0.3 is 0 Å². The van der Waals surface area contributed by atoms with Crippen molar-refractivity contribution in [2.24, 2.45) is 0 Å². The Morgan fingerprint density at radius 1 is 0.821 bits per heavy atom. The fraction of sp³-hybridized carbons (Fsp3) is 0.318. The Labute approximate surface area is 165 Å². The summed E-state index contributed by atoms with van der Waals surface area (Å²) >= 11 is 0. The van der Waals surface area contributed by atoms with Crippen LogP contribution in [0.1, 0.15) is 49.9 Å². The van der Waals surface area contributed by atoms with Crippen molar-refractivity contribution in [2.45, 2.75) is 39.5 Å². The highest BCUT2D eigenvalue weighted by molar-refractivity contribution is 6.00. The maximum Gasteiger partial charge on any atom is 0.224 e. The van der Waals surface area contributed by atoms with Crippen molar-refractivity contribution in [2.75, 3.05) is 17.2 Å². The van der Waals surface area contributed by atoms with Gasteiger partial charge < -0.3 is 15.4 Å². The van der Waals surface area contributed by atoms with E-state index < -0.39 is 0 Å². The molecule has 0 saturated carbocycles. The molecule has 0 spiro atoms. The highest BCUT2D eigenvalue weighted by atomic mass is 16.5. The van der Waals surface area contributed by atoms with E-state index in [0.29, 0.717) is 35.7 Å². The van der Waals surface area contributed by atoms with E-state index in [0.717, 1.165) is 6.42 Å². The van der Waals surface area contributed by atoms with E-state index in [4.69, 9.17) is 4.74 Å². The lowest BCUT2D eigenvalue weighted by atomic mass is 10.1. The summed E-state index contributed by atoms with van der Waals surface area (Å²) in [6.07, 6.45) is 1.42. The van der Waals surface area contributed by atoms with Gasteiger partial charge in [-0.15, -0.1) is 0 Å². The van der Waals surface area contributed by atoms with E-state index >= 15 is 0 Å². The molecule has 2 aromatic carbocycles. The molecule has 6 nitrogen and oxygen atoms in total. The number of hydrogen-bond acceptors (Lipinski definition) is 4. The first kappa shape index (κ1) is 21.2. The van der Waals surface area contributed by atoms with Crippen molar-refractivity contribution in [1.29, 1.82) is 0 Å². The molecule has 2 rings (SSSR count). The van der Waals surface area contributed by atoms with Gasteiger partial charge in [0.2, 0.25) is 11.8 Å². The predicted octanol–water partition coefficient (Wildman–Crippen LogP) is 4.43. The zero-order chi connectivity index (χ0) is 20.4. The van der Waals surface area contributed by atoms with Gasteiger partial charge in [0.15, 0.2) is 5.78 Å². The topological polar surface area (TPSA) is 84.5 Å². The number of ketones is 1. The zero-order valence-corrected chi connectivity index (χ0v) is 16.3. The Balaban J connectivity index is 1.85. The fourth-order valence-electron chi connectivity index (χ4n) is 2.62. The molecule has 28 heavy (non-hydrogen) atoms. The standard InChI is InChI=1S/C22H26N2O4/c1-3-6-21(26)23-17-7-5-8-18(15-17)24-22(27)14-13-20(25)16-9-11-19(12-10-16)28-4-2/h5,7-12,15H,3-4,6,13-14H2,1-2H3,(H,23,26)(H,24,27). The maximum atomic E-state index is 12.2. The number of nitrogens with one attached hydrogen (secondary N) is 2. The third-order valence-corrected chi connectivity index (χ3v) is 3.97. The van der Waals surface area contributed by atoms with Crippen LogP contribution in [0.15, 0.2) is 48.5 Å². The Bertz CT molecular complexity index is 816. The Morgan fingerprint density at radius 2 is 1.43 bits per heavy atom. The highest BCUT2D eigenvalue weighted by Gasteiger charge is 2.10. The lowest BCUT2D eigenvalue weighted by Crippen LogP contribution is -2.14. The number of carbonyl (C=O) groups excluding carboxylic acids is 3. The summed E-state index contributed by atoms with van der Waals surface area (Å²) in [5.41, 5.74) is 1.76. The van der Waals surface area contributed by atoms with Crippen LogP contribution in [0, 0.1) is 0 Å². The van der Waals surface area contributed by atoms with Crippen molar-refractivity contribution >= 4 is 29.0 Å². The number of hydrogen-bond donors (Lipinski definition) is 2. The van der Waals surface area contributed by atoms with E-state index in [1.54, 1.807) is 48.5 Å². The molecule has 0 bridgehead atoms. The zero-order valence-electron chi connectivity index (χ0n) is 16.3. The van der Waals surface area contributed by atoms with Gasteiger partial charge in [0, 0.05) is 36.2 Å². The molecule has 0 atom stereocenters. The molecule has 0 saturated heterocycles. The molecule has 0 radical (unpaired) electrons. The van der Waals surface area contributed by atoms with E-state index in [1.807, 2.05) is 13.8 Å². The van der Waals surface area contributed by atoms with Crippen LogP contribution < -0.4 is 15.4 Å². The second-order valence-corrected chi connectivity index (χ2v) is 6.31. The lowest BCUT2D eigenvalue weighted by Gasteiger charge is -2.09. The molecule has 0 heterocycles.